The Morgan fingerprint density at radius 1 is 0.800 bits per heavy atom. The van der Waals surface area contributed by atoms with E-state index in [0.717, 1.165) is 16.7 Å². The van der Waals surface area contributed by atoms with Gasteiger partial charge in [-0.1, -0.05) is 54.6 Å². The van der Waals surface area contributed by atoms with E-state index in [1.165, 1.54) is 0 Å². The maximum absolute atomic E-state index is 12.7. The van der Waals surface area contributed by atoms with Crippen LogP contribution in [0.4, 0.5) is 0 Å². The summed E-state index contributed by atoms with van der Waals surface area (Å²) in [7, 11) is -0.176. The Morgan fingerprint density at radius 3 is 1.74 bits per heavy atom. The molecule has 0 radical (unpaired) electrons. The molecule has 35 heavy (non-hydrogen) atoms. The van der Waals surface area contributed by atoms with Gasteiger partial charge in [-0.3, -0.25) is 0 Å². The molecular weight excluding hydrogens is 462 g/mol. The number of nitrogens with zero attached hydrogens (tertiary/aromatic N) is 1. The van der Waals surface area contributed by atoms with Crippen LogP contribution in [-0.2, 0) is 20.2 Å². The first-order valence-corrected chi connectivity index (χ1v) is 13.3. The first-order valence-electron chi connectivity index (χ1n) is 11.4. The fourth-order valence-corrected chi connectivity index (χ4v) is 5.17. The van der Waals surface area contributed by atoms with Gasteiger partial charge in [-0.15, -0.1) is 0 Å². The van der Waals surface area contributed by atoms with Crippen molar-refractivity contribution in [3.05, 3.63) is 95.6 Å². The molecule has 0 bridgehead atoms. The summed E-state index contributed by atoms with van der Waals surface area (Å²) in [6.45, 7) is 1.70. The summed E-state index contributed by atoms with van der Waals surface area (Å²) in [4.78, 5) is 0. The van der Waals surface area contributed by atoms with Crippen molar-refractivity contribution < 1.29 is 22.6 Å². The summed E-state index contributed by atoms with van der Waals surface area (Å²) in [5.74, 6) is 0.910. The van der Waals surface area contributed by atoms with Gasteiger partial charge in [-0.05, 0) is 54.3 Å². The molecule has 3 rings (SSSR count). The quantitative estimate of drug-likeness (QED) is 0.331. The van der Waals surface area contributed by atoms with Gasteiger partial charge in [0, 0.05) is 5.92 Å². The molecule has 0 spiro atoms. The van der Waals surface area contributed by atoms with Crippen molar-refractivity contribution in [2.24, 2.45) is 5.92 Å². The SMILES string of the molecule is COc1ccc(C(OCCS(=O)(=O)CCC(C)C#N)(c2ccccc2)c2ccc(OC)cc2)cc1. The third-order valence-electron chi connectivity index (χ3n) is 5.97. The summed E-state index contributed by atoms with van der Waals surface area (Å²) in [6, 6.07) is 27.0. The Labute approximate surface area is 208 Å². The molecule has 0 aromatic heterocycles. The summed E-state index contributed by atoms with van der Waals surface area (Å²) in [5.41, 5.74) is 1.48. The minimum absolute atomic E-state index is 0.0176. The average molecular weight is 494 g/mol. The normalized spacial score (nSPS) is 12.5. The lowest BCUT2D eigenvalue weighted by Gasteiger charge is -2.36. The Morgan fingerprint density at radius 2 is 1.29 bits per heavy atom. The van der Waals surface area contributed by atoms with E-state index >= 15 is 0 Å². The highest BCUT2D eigenvalue weighted by Gasteiger charge is 2.38. The summed E-state index contributed by atoms with van der Waals surface area (Å²) in [6.07, 6.45) is 0.305. The molecule has 184 valence electrons. The largest absolute Gasteiger partial charge is 0.497 e. The van der Waals surface area contributed by atoms with E-state index in [0.29, 0.717) is 17.9 Å². The van der Waals surface area contributed by atoms with E-state index in [9.17, 15) is 8.42 Å². The highest BCUT2D eigenvalue weighted by molar-refractivity contribution is 7.91. The van der Waals surface area contributed by atoms with Crippen LogP contribution in [0.5, 0.6) is 11.5 Å². The van der Waals surface area contributed by atoms with Crippen LogP contribution in [0, 0.1) is 17.2 Å². The van der Waals surface area contributed by atoms with Gasteiger partial charge in [-0.2, -0.15) is 5.26 Å². The molecule has 0 saturated heterocycles. The molecule has 0 aliphatic heterocycles. The van der Waals surface area contributed by atoms with Crippen molar-refractivity contribution in [2.75, 3.05) is 32.3 Å². The molecule has 1 atom stereocenters. The van der Waals surface area contributed by atoms with Crippen molar-refractivity contribution in [1.29, 1.82) is 5.26 Å². The van der Waals surface area contributed by atoms with E-state index in [2.05, 4.69) is 6.07 Å². The Bertz CT molecular complexity index is 1170. The smallest absolute Gasteiger partial charge is 0.152 e. The standard InChI is InChI=1S/C28H31NO5S/c1-22(21-29)17-19-35(30,31)20-18-34-28(23-7-5-4-6-8-23,24-9-13-26(32-2)14-10-24)25-11-15-27(33-3)16-12-25/h4-16,22H,17-20H2,1-3H3. The van der Waals surface area contributed by atoms with Gasteiger partial charge in [0.2, 0.25) is 0 Å². The van der Waals surface area contributed by atoms with Gasteiger partial charge in [-0.25, -0.2) is 8.42 Å². The predicted octanol–water partition coefficient (Wildman–Crippen LogP) is 4.98. The number of hydrogen-bond acceptors (Lipinski definition) is 6. The minimum Gasteiger partial charge on any atom is -0.497 e. The summed E-state index contributed by atoms with van der Waals surface area (Å²) in [5, 5.41) is 8.98. The molecule has 0 amide bonds. The van der Waals surface area contributed by atoms with Gasteiger partial charge in [0.1, 0.15) is 17.1 Å². The van der Waals surface area contributed by atoms with Crippen LogP contribution in [0.2, 0.25) is 0 Å². The van der Waals surface area contributed by atoms with Gasteiger partial charge >= 0.3 is 0 Å². The minimum atomic E-state index is -3.39. The van der Waals surface area contributed by atoms with Gasteiger partial charge < -0.3 is 14.2 Å². The first-order chi connectivity index (χ1) is 16.8. The average Bonchev–Trinajstić information content (AvgIpc) is 2.90. The summed E-state index contributed by atoms with van der Waals surface area (Å²) >= 11 is 0. The highest BCUT2D eigenvalue weighted by Crippen LogP contribution is 2.41. The van der Waals surface area contributed by atoms with Crippen LogP contribution in [-0.4, -0.2) is 40.7 Å². The summed E-state index contributed by atoms with van der Waals surface area (Å²) < 4.78 is 42.7. The zero-order valence-electron chi connectivity index (χ0n) is 20.3. The van der Waals surface area contributed by atoms with E-state index < -0.39 is 15.4 Å². The number of nitriles is 1. The third kappa shape index (κ3) is 6.41. The molecule has 0 N–H and O–H groups in total. The first kappa shape index (κ1) is 26.3. The molecule has 0 saturated carbocycles. The van der Waals surface area contributed by atoms with Crippen LogP contribution in [0.3, 0.4) is 0 Å². The number of rotatable bonds is 12. The molecule has 0 aliphatic rings. The van der Waals surface area contributed by atoms with Crippen LogP contribution < -0.4 is 9.47 Å². The molecule has 1 unspecified atom stereocenters. The number of benzene rings is 3. The maximum Gasteiger partial charge on any atom is 0.152 e. The zero-order valence-corrected chi connectivity index (χ0v) is 21.1. The van der Waals surface area contributed by atoms with Crippen LogP contribution in [0.15, 0.2) is 78.9 Å². The van der Waals surface area contributed by atoms with Crippen molar-refractivity contribution in [3.63, 3.8) is 0 Å². The van der Waals surface area contributed by atoms with Crippen molar-refractivity contribution in [3.8, 4) is 17.6 Å². The Kier molecular flexibility index (Phi) is 8.91. The van der Waals surface area contributed by atoms with E-state index in [1.807, 2.05) is 78.9 Å². The van der Waals surface area contributed by atoms with Crippen molar-refractivity contribution in [2.45, 2.75) is 18.9 Å². The lowest BCUT2D eigenvalue weighted by atomic mass is 9.80. The van der Waals surface area contributed by atoms with Gasteiger partial charge in [0.05, 0.1) is 38.4 Å². The van der Waals surface area contributed by atoms with E-state index in [4.69, 9.17) is 19.5 Å². The predicted molar refractivity (Wildman–Crippen MR) is 136 cm³/mol. The molecular formula is C28H31NO5S. The zero-order chi connectivity index (χ0) is 25.3. The van der Waals surface area contributed by atoms with Gasteiger partial charge in [0.25, 0.3) is 0 Å². The second-order valence-corrected chi connectivity index (χ2v) is 10.6. The molecule has 7 heteroatoms. The lowest BCUT2D eigenvalue weighted by Crippen LogP contribution is -2.35. The second kappa shape index (κ2) is 11.9. The molecule has 3 aromatic carbocycles. The van der Waals surface area contributed by atoms with E-state index in [-0.39, 0.29) is 24.0 Å². The van der Waals surface area contributed by atoms with E-state index in [1.54, 1.807) is 21.1 Å². The Balaban J connectivity index is 2.04. The molecule has 0 heterocycles. The van der Waals surface area contributed by atoms with Crippen molar-refractivity contribution >= 4 is 9.84 Å². The number of methoxy groups -OCH3 is 2. The fraction of sp³-hybridized carbons (Fsp3) is 0.321. The fourth-order valence-electron chi connectivity index (χ4n) is 3.92. The van der Waals surface area contributed by atoms with Crippen LogP contribution in [0.25, 0.3) is 0 Å². The Hall–Kier alpha value is -3.34. The molecule has 0 aliphatic carbocycles. The van der Waals surface area contributed by atoms with Crippen LogP contribution >= 0.6 is 0 Å². The lowest BCUT2D eigenvalue weighted by molar-refractivity contribution is 0.0227. The molecule has 0 fully saturated rings. The number of sulfone groups is 1. The topological polar surface area (TPSA) is 85.6 Å². The molecule has 3 aromatic rings. The number of ether oxygens (including phenoxy) is 3. The van der Waals surface area contributed by atoms with Crippen molar-refractivity contribution in [1.82, 2.24) is 0 Å². The number of hydrogen-bond donors (Lipinski definition) is 0. The van der Waals surface area contributed by atoms with Crippen LogP contribution in [0.1, 0.15) is 30.0 Å². The monoisotopic (exact) mass is 493 g/mol. The molecule has 6 nitrogen and oxygen atoms in total. The second-order valence-electron chi connectivity index (χ2n) is 8.32. The third-order valence-corrected chi connectivity index (χ3v) is 7.61. The van der Waals surface area contributed by atoms with Gasteiger partial charge in [0.15, 0.2) is 9.84 Å². The maximum atomic E-state index is 12.7. The highest BCUT2D eigenvalue weighted by atomic mass is 32.2.